The van der Waals surface area contributed by atoms with Crippen LogP contribution in [-0.2, 0) is 11.2 Å². The van der Waals surface area contributed by atoms with Crippen LogP contribution in [0.4, 0.5) is 0 Å². The molecule has 0 bridgehead atoms. The van der Waals surface area contributed by atoms with Crippen molar-refractivity contribution < 1.29 is 19.0 Å². The second-order valence-corrected chi connectivity index (χ2v) is 6.08. The van der Waals surface area contributed by atoms with Gasteiger partial charge in [0.25, 0.3) is 5.91 Å². The normalized spacial score (nSPS) is 11.5. The van der Waals surface area contributed by atoms with Crippen LogP contribution in [0, 0.1) is 0 Å². The number of rotatable bonds is 9. The van der Waals surface area contributed by atoms with Crippen molar-refractivity contribution >= 4 is 17.5 Å². The lowest BCUT2D eigenvalue weighted by atomic mass is 10.1. The summed E-state index contributed by atoms with van der Waals surface area (Å²) in [5.41, 5.74) is 1.04. The lowest BCUT2D eigenvalue weighted by Crippen LogP contribution is -2.39. The molecule has 1 N–H and O–H groups in total. The maximum atomic E-state index is 12.4. The van der Waals surface area contributed by atoms with Crippen LogP contribution in [0.2, 0.25) is 5.02 Å². The van der Waals surface area contributed by atoms with Crippen molar-refractivity contribution in [3.05, 3.63) is 53.1 Å². The molecule has 0 fully saturated rings. The molecule has 0 aliphatic carbocycles. The first-order chi connectivity index (χ1) is 12.6. The number of hydrogen-bond acceptors (Lipinski definition) is 4. The Morgan fingerprint density at radius 1 is 1.08 bits per heavy atom. The Hall–Kier alpha value is -2.40. The Bertz CT molecular complexity index is 736. The maximum absolute atomic E-state index is 12.4. The van der Waals surface area contributed by atoms with E-state index in [-0.39, 0.29) is 5.91 Å². The SMILES string of the molecule is CC[C@H](Oc1ccccc1Cl)C(=O)NCCc1ccc(OC)c(OC)c1. The monoisotopic (exact) mass is 377 g/mol. The van der Waals surface area contributed by atoms with Gasteiger partial charge in [0.15, 0.2) is 17.6 Å². The van der Waals surface area contributed by atoms with E-state index in [1.54, 1.807) is 26.4 Å². The summed E-state index contributed by atoms with van der Waals surface area (Å²) < 4.78 is 16.3. The predicted octanol–water partition coefficient (Wildman–Crippen LogP) is 3.87. The predicted molar refractivity (Wildman–Crippen MR) is 102 cm³/mol. The summed E-state index contributed by atoms with van der Waals surface area (Å²) in [5.74, 6) is 1.70. The van der Waals surface area contributed by atoms with Crippen molar-refractivity contribution in [1.29, 1.82) is 0 Å². The number of nitrogens with one attached hydrogen (secondary N) is 1. The fraction of sp³-hybridized carbons (Fsp3) is 0.350. The van der Waals surface area contributed by atoms with Crippen molar-refractivity contribution in [2.45, 2.75) is 25.9 Å². The minimum atomic E-state index is -0.583. The smallest absolute Gasteiger partial charge is 0.261 e. The Balaban J connectivity index is 1.90. The van der Waals surface area contributed by atoms with Gasteiger partial charge in [0.2, 0.25) is 0 Å². The Morgan fingerprint density at radius 3 is 2.46 bits per heavy atom. The lowest BCUT2D eigenvalue weighted by molar-refractivity contribution is -0.128. The molecular weight excluding hydrogens is 354 g/mol. The van der Waals surface area contributed by atoms with Crippen LogP contribution in [0.15, 0.2) is 42.5 Å². The number of para-hydroxylation sites is 1. The fourth-order valence-corrected chi connectivity index (χ4v) is 2.68. The van der Waals surface area contributed by atoms with Crippen LogP contribution in [0.3, 0.4) is 0 Å². The third-order valence-corrected chi connectivity index (χ3v) is 4.24. The summed E-state index contributed by atoms with van der Waals surface area (Å²) in [6.07, 6.45) is 0.641. The molecule has 26 heavy (non-hydrogen) atoms. The van der Waals surface area contributed by atoms with E-state index in [9.17, 15) is 4.79 Å². The van der Waals surface area contributed by atoms with E-state index in [0.29, 0.717) is 41.7 Å². The van der Waals surface area contributed by atoms with Crippen molar-refractivity contribution in [3.8, 4) is 17.2 Å². The van der Waals surface area contributed by atoms with E-state index in [2.05, 4.69) is 5.32 Å². The van der Waals surface area contributed by atoms with Gasteiger partial charge in [-0.2, -0.15) is 0 Å². The van der Waals surface area contributed by atoms with Gasteiger partial charge >= 0.3 is 0 Å². The summed E-state index contributed by atoms with van der Waals surface area (Å²) in [6.45, 7) is 2.39. The third kappa shape index (κ3) is 5.30. The molecule has 0 radical (unpaired) electrons. The minimum absolute atomic E-state index is 0.159. The number of hydrogen-bond donors (Lipinski definition) is 1. The molecule has 0 aromatic heterocycles. The number of methoxy groups -OCH3 is 2. The molecule has 0 saturated heterocycles. The number of ether oxygens (including phenoxy) is 3. The molecule has 2 aromatic carbocycles. The molecule has 0 unspecified atom stereocenters. The number of carbonyl (C=O) groups is 1. The number of carbonyl (C=O) groups excluding carboxylic acids is 1. The van der Waals surface area contributed by atoms with Crippen molar-refractivity contribution in [2.24, 2.45) is 0 Å². The lowest BCUT2D eigenvalue weighted by Gasteiger charge is -2.18. The fourth-order valence-electron chi connectivity index (χ4n) is 2.50. The quantitative estimate of drug-likeness (QED) is 0.720. The molecule has 5 nitrogen and oxygen atoms in total. The summed E-state index contributed by atoms with van der Waals surface area (Å²) in [4.78, 5) is 12.4. The van der Waals surface area contributed by atoms with Gasteiger partial charge in [0, 0.05) is 6.54 Å². The Kier molecular flexibility index (Phi) is 7.60. The topological polar surface area (TPSA) is 56.8 Å². The molecule has 0 spiro atoms. The van der Waals surface area contributed by atoms with Crippen LogP contribution in [0.5, 0.6) is 17.2 Å². The number of amides is 1. The number of halogens is 1. The highest BCUT2D eigenvalue weighted by molar-refractivity contribution is 6.32. The van der Waals surface area contributed by atoms with Crippen LogP contribution in [0.1, 0.15) is 18.9 Å². The molecule has 1 amide bonds. The zero-order chi connectivity index (χ0) is 18.9. The molecule has 0 aliphatic heterocycles. The van der Waals surface area contributed by atoms with E-state index >= 15 is 0 Å². The summed E-state index contributed by atoms with van der Waals surface area (Å²) >= 11 is 6.09. The maximum Gasteiger partial charge on any atom is 0.261 e. The van der Waals surface area contributed by atoms with Crippen LogP contribution in [-0.4, -0.2) is 32.8 Å². The molecule has 0 aliphatic rings. The van der Waals surface area contributed by atoms with Gasteiger partial charge in [-0.15, -0.1) is 0 Å². The average Bonchev–Trinajstić information content (AvgIpc) is 2.67. The molecule has 0 heterocycles. The van der Waals surface area contributed by atoms with Crippen LogP contribution in [0.25, 0.3) is 0 Å². The van der Waals surface area contributed by atoms with Gasteiger partial charge in [-0.1, -0.05) is 36.7 Å². The Morgan fingerprint density at radius 2 is 1.81 bits per heavy atom. The molecule has 1 atom stereocenters. The summed E-state index contributed by atoms with van der Waals surface area (Å²) in [6, 6.07) is 12.8. The molecule has 2 rings (SSSR count). The van der Waals surface area contributed by atoms with Crippen molar-refractivity contribution in [1.82, 2.24) is 5.32 Å². The molecule has 2 aromatic rings. The summed E-state index contributed by atoms with van der Waals surface area (Å²) in [7, 11) is 3.20. The molecule has 140 valence electrons. The third-order valence-electron chi connectivity index (χ3n) is 3.93. The second kappa shape index (κ2) is 9.92. The number of benzene rings is 2. The first-order valence-electron chi connectivity index (χ1n) is 8.48. The van der Waals surface area contributed by atoms with Gasteiger partial charge < -0.3 is 19.5 Å². The highest BCUT2D eigenvalue weighted by atomic mass is 35.5. The summed E-state index contributed by atoms with van der Waals surface area (Å²) in [5, 5.41) is 3.40. The van der Waals surface area contributed by atoms with Crippen LogP contribution >= 0.6 is 11.6 Å². The average molecular weight is 378 g/mol. The zero-order valence-electron chi connectivity index (χ0n) is 15.3. The highest BCUT2D eigenvalue weighted by Gasteiger charge is 2.19. The van der Waals surface area contributed by atoms with Gasteiger partial charge in [-0.05, 0) is 42.7 Å². The molecule has 6 heteroatoms. The van der Waals surface area contributed by atoms with E-state index in [1.807, 2.05) is 37.3 Å². The first-order valence-corrected chi connectivity index (χ1v) is 8.86. The van der Waals surface area contributed by atoms with Gasteiger partial charge in [-0.3, -0.25) is 4.79 Å². The highest BCUT2D eigenvalue weighted by Crippen LogP contribution is 2.27. The van der Waals surface area contributed by atoms with Gasteiger partial charge in [0.05, 0.1) is 19.2 Å². The van der Waals surface area contributed by atoms with E-state index < -0.39 is 6.10 Å². The van der Waals surface area contributed by atoms with Crippen molar-refractivity contribution in [2.75, 3.05) is 20.8 Å². The van der Waals surface area contributed by atoms with Gasteiger partial charge in [0.1, 0.15) is 5.75 Å². The van der Waals surface area contributed by atoms with Crippen LogP contribution < -0.4 is 19.5 Å². The van der Waals surface area contributed by atoms with E-state index in [0.717, 1.165) is 5.56 Å². The van der Waals surface area contributed by atoms with Crippen molar-refractivity contribution in [3.63, 3.8) is 0 Å². The van der Waals surface area contributed by atoms with Gasteiger partial charge in [-0.25, -0.2) is 0 Å². The zero-order valence-corrected chi connectivity index (χ0v) is 16.0. The van der Waals surface area contributed by atoms with E-state index in [1.165, 1.54) is 0 Å². The standard InChI is InChI=1S/C20H24ClNO4/c1-4-16(26-17-8-6-5-7-15(17)21)20(23)22-12-11-14-9-10-18(24-2)19(13-14)25-3/h5-10,13,16H,4,11-12H2,1-3H3,(H,22,23)/t16-/m0/s1. The minimum Gasteiger partial charge on any atom is -0.493 e. The largest absolute Gasteiger partial charge is 0.493 e. The van der Waals surface area contributed by atoms with E-state index in [4.69, 9.17) is 25.8 Å². The second-order valence-electron chi connectivity index (χ2n) is 5.68. The molecular formula is C20H24ClNO4. The Labute approximate surface area is 159 Å². The first kappa shape index (κ1) is 19.9. The molecule has 0 saturated carbocycles.